The topological polar surface area (TPSA) is 43.4 Å². The molecule has 2 saturated heterocycles. The first-order chi connectivity index (χ1) is 18.3. The number of carbonyl (C=O) groups excluding carboxylic acids is 2. The minimum Gasteiger partial charge on any atom is -1.00 e. The third-order valence-electron chi connectivity index (χ3n) is 9.27. The minimum absolute atomic E-state index is 0. The van der Waals surface area contributed by atoms with Gasteiger partial charge < -0.3 is 9.44 Å². The molecule has 4 heterocycles. The molecule has 0 aromatic heterocycles. The molecule has 2 fully saturated rings. The van der Waals surface area contributed by atoms with E-state index in [-0.39, 0.29) is 29.0 Å². The predicted molar refractivity (Wildman–Crippen MR) is 171 cm³/mol. The molecule has 2 spiro atoms. The molecule has 4 aliphatic heterocycles. The van der Waals surface area contributed by atoms with E-state index in [2.05, 4.69) is 65.8 Å². The summed E-state index contributed by atoms with van der Waals surface area (Å²) in [5.74, 6) is 0.123. The van der Waals surface area contributed by atoms with Crippen molar-refractivity contribution < 1.29 is 32.0 Å². The van der Waals surface area contributed by atoms with Crippen LogP contribution in [0.3, 0.4) is 0 Å². The van der Waals surface area contributed by atoms with Crippen LogP contribution >= 0.6 is 14.5 Å². The highest BCUT2D eigenvalue weighted by Crippen LogP contribution is 3.05. The van der Waals surface area contributed by atoms with Gasteiger partial charge in [-0.25, -0.2) is 9.59 Å². The fourth-order valence-corrected chi connectivity index (χ4v) is 26.3. The molecule has 0 saturated carbocycles. The van der Waals surface area contributed by atoms with Crippen molar-refractivity contribution in [2.75, 3.05) is 6.16 Å². The van der Waals surface area contributed by atoms with E-state index in [1.807, 2.05) is 20.3 Å². The molecule has 1 unspecified atom stereocenters. The Bertz CT molecular complexity index is 930. The lowest BCUT2D eigenvalue weighted by Gasteiger charge is -2.43. The van der Waals surface area contributed by atoms with Gasteiger partial charge in [-0.05, 0) is 71.6 Å². The molecule has 5 atom stereocenters. The van der Waals surface area contributed by atoms with Crippen molar-refractivity contribution in [3.8, 4) is 0 Å². The van der Waals surface area contributed by atoms with Crippen molar-refractivity contribution in [3.63, 3.8) is 0 Å². The highest BCUT2D eigenvalue weighted by Gasteiger charge is 2.88. The molecule has 3 nitrogen and oxygen atoms in total. The second-order valence-electron chi connectivity index (χ2n) is 12.1. The third kappa shape index (κ3) is 7.34. The van der Waals surface area contributed by atoms with Crippen molar-refractivity contribution in [2.24, 2.45) is 5.92 Å². The van der Waals surface area contributed by atoms with Crippen LogP contribution in [-0.4, -0.2) is 47.5 Å². The van der Waals surface area contributed by atoms with Crippen LogP contribution in [0.15, 0.2) is 34.9 Å². The lowest BCUT2D eigenvalue weighted by molar-refractivity contribution is -0.150. The van der Waals surface area contributed by atoms with Crippen LogP contribution in [0, 0.1) is 12.3 Å². The maximum Gasteiger partial charge on any atom is 0.762 e. The van der Waals surface area contributed by atoms with Gasteiger partial charge in [0.1, 0.15) is 14.5 Å². The molecular weight excluding hydrogens is 569 g/mol. The first-order valence-corrected chi connectivity index (χ1v) is 18.5. The Morgan fingerprint density at radius 2 is 1.20 bits per heavy atom. The molecule has 1 aliphatic carbocycles. The van der Waals surface area contributed by atoms with Gasteiger partial charge in [0, 0.05) is 13.8 Å². The SMILES string of the molecule is C.C1=CCC/C=C\CC1.C[C@@H]1C[C@@H](C)[P+]2(C1)C1=C(C(=O)OC1=O)[P+]1([C@H](C)CC[C@H]1C)C2(C)C.C[CH+]C.FB(F)F.[F-]. The van der Waals surface area contributed by atoms with Gasteiger partial charge in [-0.2, -0.15) is 0 Å². The van der Waals surface area contributed by atoms with Crippen LogP contribution in [-0.2, 0) is 14.3 Å². The molecule has 10 heteroatoms. The Morgan fingerprint density at radius 1 is 0.829 bits per heavy atom. The van der Waals surface area contributed by atoms with E-state index in [0.717, 1.165) is 16.8 Å². The van der Waals surface area contributed by atoms with Crippen LogP contribution in [0.1, 0.15) is 108 Å². The summed E-state index contributed by atoms with van der Waals surface area (Å²) >= 11 is 0. The Labute approximate surface area is 248 Å². The van der Waals surface area contributed by atoms with Crippen molar-refractivity contribution in [1.82, 2.24) is 0 Å². The molecule has 5 rings (SSSR count). The second kappa shape index (κ2) is 16.6. The number of hydrogen-bond acceptors (Lipinski definition) is 3. The Balaban J connectivity index is 0.000000786. The molecule has 41 heavy (non-hydrogen) atoms. The first-order valence-electron chi connectivity index (χ1n) is 14.5. The molecule has 234 valence electrons. The zero-order chi connectivity index (χ0) is 29.6. The molecule has 0 aromatic carbocycles. The van der Waals surface area contributed by atoms with E-state index in [1.54, 1.807) is 0 Å². The summed E-state index contributed by atoms with van der Waals surface area (Å²) in [5.41, 5.74) is 1.65. The van der Waals surface area contributed by atoms with E-state index in [0.29, 0.717) is 22.9 Å². The molecule has 0 amide bonds. The predicted octanol–water partition coefficient (Wildman–Crippen LogP) is 7.49. The van der Waals surface area contributed by atoms with Gasteiger partial charge in [-0.15, -0.1) is 0 Å². The van der Waals surface area contributed by atoms with Crippen LogP contribution in [0.25, 0.3) is 0 Å². The summed E-state index contributed by atoms with van der Waals surface area (Å²) < 4.78 is 34.3. The van der Waals surface area contributed by atoms with Crippen LogP contribution in [0.5, 0.6) is 0 Å². The summed E-state index contributed by atoms with van der Waals surface area (Å²) in [7, 11) is -7.09. The van der Waals surface area contributed by atoms with Gasteiger partial charge in [-0.3, -0.25) is 12.9 Å². The van der Waals surface area contributed by atoms with Crippen LogP contribution in [0.2, 0.25) is 0 Å². The maximum absolute atomic E-state index is 12.9. The van der Waals surface area contributed by atoms with E-state index in [4.69, 9.17) is 4.74 Å². The molecule has 0 radical (unpaired) electrons. The zero-order valence-electron chi connectivity index (χ0n) is 25.6. The number of halogens is 4. The quantitative estimate of drug-likeness (QED) is 0.0535. The number of rotatable bonds is 0. The Morgan fingerprint density at radius 3 is 1.54 bits per heavy atom. The molecule has 5 aliphatic rings. The summed E-state index contributed by atoms with van der Waals surface area (Å²) in [5, 5.41) is 1.87. The summed E-state index contributed by atoms with van der Waals surface area (Å²) in [6, 6.07) is 0. The number of hydrogen-bond donors (Lipinski definition) is 0. The number of cyclic esters (lactones) is 2. The van der Waals surface area contributed by atoms with Crippen molar-refractivity contribution in [2.45, 2.75) is 130 Å². The first kappa shape index (κ1) is 39.9. The monoisotopic (exact) mass is 622 g/mol. The van der Waals surface area contributed by atoms with Gasteiger partial charge >= 0.3 is 19.5 Å². The second-order valence-corrected chi connectivity index (χ2v) is 21.9. The van der Waals surface area contributed by atoms with Crippen molar-refractivity contribution in [3.05, 3.63) is 41.4 Å². The van der Waals surface area contributed by atoms with Gasteiger partial charge in [-0.1, -0.05) is 38.7 Å². The standard InChI is InChI=1S/C19H30O3P2.C8H12.C3H7.CH4.BF3.FH/c1-11-9-14(4)23(10-11)15-16(18(21)22-17(15)20)24(19(23,5)6)12(2)7-8-13(24)3;1-2-4-6-8-7-5-3-1;1-3-2;;2-1(3)4;/h11-14H,7-10H2,1-6H3;1-2,7-8H,3-6H2;3H,1-2H3;1H4;;1H/q+2;;+1;;;/p-1/b;2-1-,8-7?;;;;/t11-,12-,13-,14-,23?;;;;;/m1...../s1. The minimum atomic E-state index is -3.67. The van der Waals surface area contributed by atoms with E-state index in [9.17, 15) is 22.5 Å². The van der Waals surface area contributed by atoms with Gasteiger partial charge in [0.25, 0.3) is 0 Å². The van der Waals surface area contributed by atoms with Gasteiger partial charge in [0.15, 0.2) is 4.90 Å². The summed E-state index contributed by atoms with van der Waals surface area (Å²) in [4.78, 5) is 25.9. The van der Waals surface area contributed by atoms with Crippen molar-refractivity contribution in [1.29, 1.82) is 0 Å². The van der Waals surface area contributed by atoms with Crippen molar-refractivity contribution >= 4 is 34.0 Å². The van der Waals surface area contributed by atoms with Crippen LogP contribution < -0.4 is 4.70 Å². The smallest absolute Gasteiger partial charge is 0.762 e. The van der Waals surface area contributed by atoms with E-state index in [1.165, 1.54) is 44.9 Å². The Hall–Kier alpha value is -1.13. The number of carbonyl (C=O) groups is 2. The molecule has 0 bridgehead atoms. The number of esters is 2. The normalized spacial score (nSPS) is 32.4. The fourth-order valence-electron chi connectivity index (χ4n) is 8.18. The average molecular weight is 623 g/mol. The summed E-state index contributed by atoms with van der Waals surface area (Å²) in [6.45, 7) is 18.3. The number of fused-ring (bicyclic) bond motifs is 2. The summed E-state index contributed by atoms with van der Waals surface area (Å²) in [6.07, 6.45) is 20.7. The molecule has 0 aromatic rings. The highest BCUT2D eigenvalue weighted by molar-refractivity contribution is 8.03. The number of ether oxygens (including phenoxy) is 1. The average Bonchev–Trinajstić information content (AvgIpc) is 3.43. The van der Waals surface area contributed by atoms with E-state index < -0.39 is 22.1 Å². The third-order valence-corrected chi connectivity index (χ3v) is 23.8. The maximum atomic E-state index is 12.9. The van der Waals surface area contributed by atoms with E-state index >= 15 is 0 Å². The molecular formula is C31H53BF4O3P2+2. The van der Waals surface area contributed by atoms with Gasteiger partial charge in [0.05, 0.1) is 43.4 Å². The zero-order valence-corrected chi connectivity index (χ0v) is 27.4. The lowest BCUT2D eigenvalue weighted by atomic mass is 10.1. The Kier molecular flexibility index (Phi) is 16.2. The highest BCUT2D eigenvalue weighted by atomic mass is 31.2. The van der Waals surface area contributed by atoms with Crippen LogP contribution in [0.4, 0.5) is 12.9 Å². The number of allylic oxidation sites excluding steroid dienone is 4. The largest absolute Gasteiger partial charge is 1.00 e. The van der Waals surface area contributed by atoms with Gasteiger partial charge in [0.2, 0.25) is 10.6 Å². The molecule has 0 N–H and O–H groups in total. The fraction of sp³-hybridized carbons (Fsp3) is 0.710. The lowest BCUT2D eigenvalue weighted by Crippen LogP contribution is -3.00.